The first-order chi connectivity index (χ1) is 12.4. The molecule has 0 aliphatic carbocycles. The van der Waals surface area contributed by atoms with Gasteiger partial charge in [0.1, 0.15) is 6.29 Å². The number of rotatable bonds is 4. The second-order valence-corrected chi connectivity index (χ2v) is 6.05. The lowest BCUT2D eigenvalue weighted by Crippen LogP contribution is -2.22. The maximum absolute atomic E-state index is 14.8. The van der Waals surface area contributed by atoms with Crippen molar-refractivity contribution in [2.75, 3.05) is 7.11 Å². The minimum atomic E-state index is -1.11. The smallest absolute Gasteiger partial charge is 0.258 e. The Morgan fingerprint density at radius 3 is 2.50 bits per heavy atom. The molecule has 0 spiro atoms. The Balaban J connectivity index is 2.51. The summed E-state index contributed by atoms with van der Waals surface area (Å²) in [6, 6.07) is 7.89. The topological polar surface area (TPSA) is 48.3 Å². The minimum absolute atomic E-state index is 0.0235. The number of nitrogens with zero attached hydrogens (tertiary/aromatic N) is 1. The first-order valence-electron chi connectivity index (χ1n) is 7.99. The quantitative estimate of drug-likeness (QED) is 0.671. The largest absolute Gasteiger partial charge is 0.494 e. The molecule has 0 unspecified atom stereocenters. The molecule has 0 aliphatic heterocycles. The summed E-state index contributed by atoms with van der Waals surface area (Å²) in [5.74, 6) is -2.42. The minimum Gasteiger partial charge on any atom is -0.494 e. The van der Waals surface area contributed by atoms with Crippen molar-refractivity contribution in [1.82, 2.24) is 4.57 Å². The fraction of sp³-hybridized carbons (Fsp3) is 0.200. The number of carbonyl (C=O) groups is 1. The number of pyridine rings is 1. The van der Waals surface area contributed by atoms with E-state index < -0.39 is 11.6 Å². The predicted octanol–water partition coefficient (Wildman–Crippen LogP) is 3.54. The third-order valence-corrected chi connectivity index (χ3v) is 4.49. The molecule has 4 nitrogen and oxygen atoms in total. The van der Waals surface area contributed by atoms with E-state index in [1.165, 1.54) is 30.9 Å². The average molecular weight is 357 g/mol. The number of aldehydes is 1. The van der Waals surface area contributed by atoms with Gasteiger partial charge in [-0.25, -0.2) is 4.39 Å². The summed E-state index contributed by atoms with van der Waals surface area (Å²) < 4.78 is 35.2. The number of hydrogen-bond acceptors (Lipinski definition) is 3. The first-order valence-corrected chi connectivity index (χ1v) is 7.99. The van der Waals surface area contributed by atoms with Crippen molar-refractivity contribution in [3.8, 4) is 16.9 Å². The van der Waals surface area contributed by atoms with Crippen LogP contribution < -0.4 is 10.3 Å². The van der Waals surface area contributed by atoms with E-state index in [4.69, 9.17) is 4.74 Å². The molecule has 1 heterocycles. The van der Waals surface area contributed by atoms with Crippen LogP contribution in [-0.2, 0) is 18.3 Å². The number of aryl methyl sites for hydroxylation is 1. The Hall–Kier alpha value is -3.02. The molecule has 134 valence electrons. The molecule has 3 rings (SSSR count). The van der Waals surface area contributed by atoms with Gasteiger partial charge >= 0.3 is 0 Å². The van der Waals surface area contributed by atoms with Gasteiger partial charge in [0.15, 0.2) is 11.6 Å². The molecule has 0 N–H and O–H groups in total. The van der Waals surface area contributed by atoms with Crippen molar-refractivity contribution in [3.63, 3.8) is 0 Å². The number of ether oxygens (including phenoxy) is 1. The van der Waals surface area contributed by atoms with Crippen LogP contribution in [0.2, 0.25) is 0 Å². The van der Waals surface area contributed by atoms with Gasteiger partial charge in [-0.05, 0) is 30.5 Å². The molecule has 0 aliphatic rings. The number of aromatic nitrogens is 1. The molecule has 0 bridgehead atoms. The van der Waals surface area contributed by atoms with Crippen LogP contribution in [0.25, 0.3) is 21.9 Å². The van der Waals surface area contributed by atoms with Crippen molar-refractivity contribution in [3.05, 3.63) is 63.6 Å². The Morgan fingerprint density at radius 1 is 1.12 bits per heavy atom. The molecule has 2 aromatic carbocycles. The normalized spacial score (nSPS) is 11.0. The second kappa shape index (κ2) is 6.71. The second-order valence-electron chi connectivity index (χ2n) is 6.05. The zero-order chi connectivity index (χ0) is 19.0. The van der Waals surface area contributed by atoms with E-state index in [0.29, 0.717) is 28.3 Å². The predicted molar refractivity (Wildman–Crippen MR) is 95.6 cm³/mol. The summed E-state index contributed by atoms with van der Waals surface area (Å²) in [7, 11) is 2.77. The molecule has 6 heteroatoms. The number of methoxy groups -OCH3 is 1. The van der Waals surface area contributed by atoms with Gasteiger partial charge in [-0.2, -0.15) is 4.39 Å². The van der Waals surface area contributed by atoms with Gasteiger partial charge < -0.3 is 14.1 Å². The van der Waals surface area contributed by atoms with E-state index in [1.807, 2.05) is 6.92 Å². The van der Waals surface area contributed by atoms with Crippen LogP contribution >= 0.6 is 0 Å². The van der Waals surface area contributed by atoms with Gasteiger partial charge in [-0.1, -0.05) is 17.7 Å². The molecule has 0 atom stereocenters. The van der Waals surface area contributed by atoms with E-state index in [0.717, 1.165) is 5.56 Å². The molecule has 0 saturated carbocycles. The summed E-state index contributed by atoms with van der Waals surface area (Å²) in [4.78, 5) is 23.8. The van der Waals surface area contributed by atoms with Gasteiger partial charge in [-0.15, -0.1) is 0 Å². The van der Waals surface area contributed by atoms with Crippen LogP contribution in [0.4, 0.5) is 8.78 Å². The number of carbonyl (C=O) groups excluding carboxylic acids is 1. The van der Waals surface area contributed by atoms with Crippen LogP contribution in [0.3, 0.4) is 0 Å². The summed E-state index contributed by atoms with van der Waals surface area (Å²) in [5.41, 5.74) is 1.20. The van der Waals surface area contributed by atoms with Crippen LogP contribution in [0.5, 0.6) is 5.75 Å². The fourth-order valence-corrected chi connectivity index (χ4v) is 3.18. The molecule has 0 amide bonds. The van der Waals surface area contributed by atoms with Crippen molar-refractivity contribution in [2.24, 2.45) is 7.05 Å². The van der Waals surface area contributed by atoms with E-state index >= 15 is 0 Å². The third kappa shape index (κ3) is 2.67. The Labute approximate surface area is 148 Å². The number of benzene rings is 2. The fourth-order valence-electron chi connectivity index (χ4n) is 3.18. The molecule has 0 fully saturated rings. The highest BCUT2D eigenvalue weighted by molar-refractivity contribution is 5.98. The standard InChI is InChI=1S/C20H17F2NO3/c1-11-4-5-12-14(10-11)20(25)23(2)15(8-9-24)17(12)13-6-7-16(26-3)19(22)18(13)21/h4-7,9-10H,8H2,1-3H3. The first kappa shape index (κ1) is 17.8. The molecular weight excluding hydrogens is 340 g/mol. The van der Waals surface area contributed by atoms with Crippen molar-refractivity contribution >= 4 is 17.1 Å². The van der Waals surface area contributed by atoms with Gasteiger partial charge in [-0.3, -0.25) is 4.79 Å². The van der Waals surface area contributed by atoms with E-state index in [-0.39, 0.29) is 23.3 Å². The highest BCUT2D eigenvalue weighted by Crippen LogP contribution is 2.35. The zero-order valence-corrected chi connectivity index (χ0v) is 14.6. The monoisotopic (exact) mass is 357 g/mol. The highest BCUT2D eigenvalue weighted by atomic mass is 19.2. The summed E-state index contributed by atoms with van der Waals surface area (Å²) in [6.07, 6.45) is 0.536. The van der Waals surface area contributed by atoms with Gasteiger partial charge in [0.25, 0.3) is 5.56 Å². The van der Waals surface area contributed by atoms with Crippen LogP contribution in [0, 0.1) is 18.6 Å². The van der Waals surface area contributed by atoms with Crippen molar-refractivity contribution in [2.45, 2.75) is 13.3 Å². The van der Waals surface area contributed by atoms with E-state index in [2.05, 4.69) is 0 Å². The Kier molecular flexibility index (Phi) is 4.59. The maximum atomic E-state index is 14.8. The summed E-state index contributed by atoms with van der Waals surface area (Å²) in [6.45, 7) is 1.84. The molecule has 3 aromatic rings. The zero-order valence-electron chi connectivity index (χ0n) is 14.6. The third-order valence-electron chi connectivity index (χ3n) is 4.49. The average Bonchev–Trinajstić information content (AvgIpc) is 2.63. The number of halogens is 2. The van der Waals surface area contributed by atoms with Crippen molar-refractivity contribution in [1.29, 1.82) is 0 Å². The van der Waals surface area contributed by atoms with Gasteiger partial charge in [0.05, 0.1) is 7.11 Å². The molecule has 1 aromatic heterocycles. The van der Waals surface area contributed by atoms with Gasteiger partial charge in [0.2, 0.25) is 5.82 Å². The number of fused-ring (bicyclic) bond motifs is 1. The lowest BCUT2D eigenvalue weighted by molar-refractivity contribution is -0.107. The lowest BCUT2D eigenvalue weighted by Gasteiger charge is -2.17. The summed E-state index contributed by atoms with van der Waals surface area (Å²) >= 11 is 0. The van der Waals surface area contributed by atoms with Crippen LogP contribution in [0.15, 0.2) is 35.1 Å². The molecule has 0 radical (unpaired) electrons. The highest BCUT2D eigenvalue weighted by Gasteiger charge is 2.22. The molecule has 0 saturated heterocycles. The van der Waals surface area contributed by atoms with Crippen molar-refractivity contribution < 1.29 is 18.3 Å². The molecule has 26 heavy (non-hydrogen) atoms. The SMILES string of the molecule is COc1ccc(-c2c(CC=O)n(C)c(=O)c3cc(C)ccc23)c(F)c1F. The maximum Gasteiger partial charge on any atom is 0.258 e. The van der Waals surface area contributed by atoms with E-state index in [1.54, 1.807) is 18.2 Å². The Morgan fingerprint density at radius 2 is 1.85 bits per heavy atom. The lowest BCUT2D eigenvalue weighted by atomic mass is 9.94. The summed E-state index contributed by atoms with van der Waals surface area (Å²) in [5, 5.41) is 0.854. The van der Waals surface area contributed by atoms with E-state index in [9.17, 15) is 18.4 Å². The number of hydrogen-bond donors (Lipinski definition) is 0. The Bertz CT molecular complexity index is 1090. The van der Waals surface area contributed by atoms with Crippen LogP contribution in [-0.4, -0.2) is 18.0 Å². The molecular formula is C20H17F2NO3. The van der Waals surface area contributed by atoms with Gasteiger partial charge in [0, 0.05) is 35.7 Å². The van der Waals surface area contributed by atoms with Crippen LogP contribution in [0.1, 0.15) is 11.3 Å².